The van der Waals surface area contributed by atoms with Gasteiger partial charge in [-0.15, -0.1) is 0 Å². The van der Waals surface area contributed by atoms with Crippen LogP contribution in [0.5, 0.6) is 5.75 Å². The van der Waals surface area contributed by atoms with E-state index in [0.717, 1.165) is 25.8 Å². The van der Waals surface area contributed by atoms with Gasteiger partial charge < -0.3 is 14.2 Å². The molecule has 3 aromatic carbocycles. The molecule has 1 heterocycles. The highest BCUT2D eigenvalue weighted by molar-refractivity contribution is 7.97. The van der Waals surface area contributed by atoms with Crippen LogP contribution in [0, 0.1) is 5.41 Å². The summed E-state index contributed by atoms with van der Waals surface area (Å²) in [5.74, 6) is -3.63. The van der Waals surface area contributed by atoms with E-state index in [0.29, 0.717) is 13.2 Å². The zero-order valence-electron chi connectivity index (χ0n) is 24.3. The van der Waals surface area contributed by atoms with Crippen molar-refractivity contribution in [3.63, 3.8) is 0 Å². The molecule has 226 valence electrons. The molecule has 0 amide bonds. The van der Waals surface area contributed by atoms with Crippen LogP contribution in [0.4, 0.5) is 8.78 Å². The Kier molecular flexibility index (Phi) is 8.67. The van der Waals surface area contributed by atoms with Gasteiger partial charge in [-0.25, -0.2) is 4.79 Å². The summed E-state index contributed by atoms with van der Waals surface area (Å²) >= 11 is 0. The molecule has 0 saturated carbocycles. The molecular formula is C31H35F2O7S2+. The molecule has 1 saturated heterocycles. The third-order valence-corrected chi connectivity index (χ3v) is 9.89. The van der Waals surface area contributed by atoms with E-state index in [1.165, 1.54) is 12.1 Å². The van der Waals surface area contributed by atoms with E-state index in [-0.39, 0.29) is 16.6 Å². The van der Waals surface area contributed by atoms with Crippen LogP contribution in [-0.2, 0) is 46.5 Å². The molecule has 7 nitrogen and oxygen atoms in total. The highest BCUT2D eigenvalue weighted by atomic mass is 32.2. The second kappa shape index (κ2) is 11.3. The largest absolute Gasteiger partial charge is 0.466 e. The normalized spacial score (nSPS) is 17.8. The van der Waals surface area contributed by atoms with Crippen molar-refractivity contribution < 1.29 is 40.8 Å². The molecule has 0 aliphatic carbocycles. The molecule has 0 aromatic heterocycles. The summed E-state index contributed by atoms with van der Waals surface area (Å²) in [5, 5.41) is -5.10. The van der Waals surface area contributed by atoms with Crippen molar-refractivity contribution in [3.8, 4) is 5.75 Å². The first-order chi connectivity index (χ1) is 19.3. The molecule has 0 bridgehead atoms. The third-order valence-electron chi connectivity index (χ3n) is 6.86. The zero-order chi connectivity index (χ0) is 31.1. The van der Waals surface area contributed by atoms with Crippen LogP contribution in [0.3, 0.4) is 0 Å². The number of alkyl halides is 2. The van der Waals surface area contributed by atoms with Crippen LogP contribution in [0.1, 0.15) is 52.7 Å². The number of carbonyl (C=O) groups is 1. The Morgan fingerprint density at radius 2 is 1.40 bits per heavy atom. The van der Waals surface area contributed by atoms with E-state index in [9.17, 15) is 22.0 Å². The van der Waals surface area contributed by atoms with E-state index in [4.69, 9.17) is 14.0 Å². The molecule has 1 N–H and O–H groups in total. The Morgan fingerprint density at radius 1 is 0.881 bits per heavy atom. The average Bonchev–Trinajstić information content (AvgIpc) is 2.91. The van der Waals surface area contributed by atoms with E-state index in [1.54, 1.807) is 12.1 Å². The summed E-state index contributed by atoms with van der Waals surface area (Å²) in [7, 11) is -6.67. The molecule has 0 radical (unpaired) electrons. The molecule has 1 aliphatic rings. The fraction of sp³-hybridized carbons (Fsp3) is 0.387. The molecule has 1 fully saturated rings. The van der Waals surface area contributed by atoms with Crippen molar-refractivity contribution in [2.45, 2.75) is 72.7 Å². The number of carbonyl (C=O) groups excluding carboxylic acids is 1. The summed E-state index contributed by atoms with van der Waals surface area (Å²) in [5.41, 5.74) is 1.85. The van der Waals surface area contributed by atoms with Crippen LogP contribution in [0.25, 0.3) is 0 Å². The lowest BCUT2D eigenvalue weighted by Crippen LogP contribution is -2.43. The first kappa shape index (κ1) is 32.1. The molecule has 4 rings (SSSR count). The van der Waals surface area contributed by atoms with Crippen molar-refractivity contribution in [2.24, 2.45) is 5.41 Å². The SMILES string of the molecule is CC1(C)COC(C)(c2cccc([S+](c3ccc(OC(=O)C(F)(F)S(=O)(=O)O)cc3)c3ccc(C(C)(C)C)cc3)c2)OC1. The molecule has 11 heteroatoms. The number of benzene rings is 3. The standard InChI is InChI=1S/C31H34F2O7S2/c1-28(2,3)21-10-14-24(15-11-21)41(25-16-12-23(13-17-25)40-27(34)31(32,33)42(35,36)37)26-9-7-8-22(18-26)30(6)38-19-29(4,5)20-39-30/h7-18H,19-20H2,1-6H3/p+1. The van der Waals surface area contributed by atoms with E-state index >= 15 is 0 Å². The Balaban J connectivity index is 1.72. The van der Waals surface area contributed by atoms with Crippen molar-refractivity contribution in [2.75, 3.05) is 13.2 Å². The van der Waals surface area contributed by atoms with Gasteiger partial charge in [-0.05, 0) is 60.4 Å². The zero-order valence-corrected chi connectivity index (χ0v) is 25.9. The maximum absolute atomic E-state index is 13.7. The van der Waals surface area contributed by atoms with Crippen molar-refractivity contribution >= 4 is 27.0 Å². The molecule has 0 spiro atoms. The summed E-state index contributed by atoms with van der Waals surface area (Å²) < 4.78 is 74.9. The Labute approximate surface area is 248 Å². The van der Waals surface area contributed by atoms with Gasteiger partial charge in [0.2, 0.25) is 0 Å². The Morgan fingerprint density at radius 3 is 1.90 bits per heavy atom. The Hall–Kier alpha value is -2.83. The van der Waals surface area contributed by atoms with Gasteiger partial charge in [0.05, 0.1) is 24.1 Å². The second-order valence-corrected chi connectivity index (χ2v) is 15.6. The van der Waals surface area contributed by atoms with Gasteiger partial charge in [0.15, 0.2) is 20.5 Å². The summed E-state index contributed by atoms with van der Waals surface area (Å²) in [6, 6.07) is 22.0. The fourth-order valence-electron chi connectivity index (χ4n) is 4.24. The number of hydrogen-bond acceptors (Lipinski definition) is 6. The predicted octanol–water partition coefficient (Wildman–Crippen LogP) is 6.71. The average molecular weight is 622 g/mol. The first-order valence-corrected chi connectivity index (χ1v) is 15.9. The lowest BCUT2D eigenvalue weighted by molar-refractivity contribution is -0.298. The topological polar surface area (TPSA) is 99.1 Å². The van der Waals surface area contributed by atoms with Gasteiger partial charge in [0.25, 0.3) is 0 Å². The van der Waals surface area contributed by atoms with Crippen LogP contribution in [0.2, 0.25) is 0 Å². The molecule has 3 aromatic rings. The van der Waals surface area contributed by atoms with Crippen LogP contribution in [-0.4, -0.2) is 37.4 Å². The summed E-state index contributed by atoms with van der Waals surface area (Å²) in [4.78, 5) is 14.5. The van der Waals surface area contributed by atoms with Gasteiger partial charge in [-0.3, -0.25) is 4.55 Å². The molecule has 1 aliphatic heterocycles. The first-order valence-electron chi connectivity index (χ1n) is 13.2. The van der Waals surface area contributed by atoms with Gasteiger partial charge in [0, 0.05) is 17.0 Å². The lowest BCUT2D eigenvalue weighted by Gasteiger charge is -2.41. The molecular weight excluding hydrogens is 586 g/mol. The van der Waals surface area contributed by atoms with E-state index in [2.05, 4.69) is 63.6 Å². The fourth-order valence-corrected chi connectivity index (χ4v) is 6.58. The van der Waals surface area contributed by atoms with Crippen LogP contribution in [0.15, 0.2) is 87.5 Å². The monoisotopic (exact) mass is 621 g/mol. The number of esters is 1. The Bertz CT molecular complexity index is 1540. The van der Waals surface area contributed by atoms with Crippen molar-refractivity contribution in [1.29, 1.82) is 0 Å². The minimum atomic E-state index is -5.98. The maximum Gasteiger partial charge on any atom is 0.466 e. The van der Waals surface area contributed by atoms with Gasteiger partial charge >= 0.3 is 21.3 Å². The summed E-state index contributed by atoms with van der Waals surface area (Å²) in [6.45, 7) is 13.5. The van der Waals surface area contributed by atoms with Crippen LogP contribution >= 0.6 is 0 Å². The quantitative estimate of drug-likeness (QED) is 0.136. The molecule has 1 atom stereocenters. The predicted molar refractivity (Wildman–Crippen MR) is 155 cm³/mol. The van der Waals surface area contributed by atoms with Crippen LogP contribution < -0.4 is 4.74 Å². The molecule has 1 unspecified atom stereocenters. The highest BCUT2D eigenvalue weighted by Gasteiger charge is 2.54. The minimum absolute atomic E-state index is 0.0509. The smallest absolute Gasteiger partial charge is 0.421 e. The number of ether oxygens (including phenoxy) is 3. The third kappa shape index (κ3) is 6.86. The summed E-state index contributed by atoms with van der Waals surface area (Å²) in [6.07, 6.45) is 0. The highest BCUT2D eigenvalue weighted by Crippen LogP contribution is 2.39. The molecule has 42 heavy (non-hydrogen) atoms. The van der Waals surface area contributed by atoms with Gasteiger partial charge in [-0.2, -0.15) is 17.2 Å². The lowest BCUT2D eigenvalue weighted by atomic mass is 9.87. The van der Waals surface area contributed by atoms with Gasteiger partial charge in [0.1, 0.15) is 5.75 Å². The number of rotatable bonds is 7. The second-order valence-electron chi connectivity index (χ2n) is 12.1. The number of halogens is 2. The van der Waals surface area contributed by atoms with E-state index < -0.39 is 38.0 Å². The van der Waals surface area contributed by atoms with Crippen molar-refractivity contribution in [3.05, 3.63) is 83.9 Å². The number of hydrogen-bond donors (Lipinski definition) is 1. The van der Waals surface area contributed by atoms with E-state index in [1.807, 2.05) is 31.2 Å². The maximum atomic E-state index is 13.7. The van der Waals surface area contributed by atoms with Gasteiger partial charge in [-0.1, -0.05) is 58.9 Å². The minimum Gasteiger partial charge on any atom is -0.421 e. The van der Waals surface area contributed by atoms with Crippen molar-refractivity contribution in [1.82, 2.24) is 0 Å².